The van der Waals surface area contributed by atoms with E-state index < -0.39 is 10.0 Å². The van der Waals surface area contributed by atoms with Gasteiger partial charge in [0.2, 0.25) is 10.0 Å². The zero-order valence-electron chi connectivity index (χ0n) is 18.0. The highest BCUT2D eigenvalue weighted by Crippen LogP contribution is 2.21. The van der Waals surface area contributed by atoms with Gasteiger partial charge in [0.25, 0.3) is 0 Å². The molecule has 0 radical (unpaired) electrons. The van der Waals surface area contributed by atoms with E-state index in [1.165, 1.54) is 0 Å². The van der Waals surface area contributed by atoms with E-state index in [0.29, 0.717) is 24.5 Å². The van der Waals surface area contributed by atoms with Crippen LogP contribution in [0.5, 0.6) is 0 Å². The maximum Gasteiger partial charge on any atom is 0.243 e. The van der Waals surface area contributed by atoms with E-state index in [0.717, 1.165) is 76.7 Å². The molecule has 9 heteroatoms. The van der Waals surface area contributed by atoms with Gasteiger partial charge in [-0.05, 0) is 50.4 Å². The molecule has 2 heterocycles. The fourth-order valence-corrected chi connectivity index (χ4v) is 5.21. The highest BCUT2D eigenvalue weighted by Gasteiger charge is 2.26. The second kappa shape index (κ2) is 11.6. The van der Waals surface area contributed by atoms with Crippen LogP contribution in [0.2, 0.25) is 0 Å². The van der Waals surface area contributed by atoms with Crippen molar-refractivity contribution in [1.82, 2.24) is 19.8 Å². The minimum absolute atomic E-state index is 0.366. The van der Waals surface area contributed by atoms with Gasteiger partial charge >= 0.3 is 0 Å². The predicted octanol–water partition coefficient (Wildman–Crippen LogP) is 1.25. The maximum atomic E-state index is 12.6. The lowest BCUT2D eigenvalue weighted by Gasteiger charge is -2.26. The summed E-state index contributed by atoms with van der Waals surface area (Å²) in [7, 11) is -3.36. The molecule has 3 rings (SSSR count). The van der Waals surface area contributed by atoms with Crippen LogP contribution in [0.4, 0.5) is 0 Å². The standard InChI is InChI=1S/C21H35N5O3S/c1-2-22-21(23-10-5-11-25-14-16-29-17-15-25)24-18-19-6-8-20(9-7-19)30(27,28)26-12-3-4-13-26/h6-9H,2-5,10-18H2,1H3,(H2,22,23,24). The Bertz CT molecular complexity index is 770. The van der Waals surface area contributed by atoms with Crippen molar-refractivity contribution in [3.63, 3.8) is 0 Å². The summed E-state index contributed by atoms with van der Waals surface area (Å²) in [5.41, 5.74) is 0.987. The van der Waals surface area contributed by atoms with E-state index in [1.807, 2.05) is 19.1 Å². The summed E-state index contributed by atoms with van der Waals surface area (Å²) in [6.45, 7) is 10.2. The second-order valence-corrected chi connectivity index (χ2v) is 9.62. The number of nitrogens with zero attached hydrogens (tertiary/aromatic N) is 3. The van der Waals surface area contributed by atoms with Crippen molar-refractivity contribution in [2.45, 2.75) is 37.6 Å². The average molecular weight is 438 g/mol. The van der Waals surface area contributed by atoms with Crippen molar-refractivity contribution in [2.24, 2.45) is 4.99 Å². The normalized spacial score (nSPS) is 19.2. The third-order valence-electron chi connectivity index (χ3n) is 5.44. The van der Waals surface area contributed by atoms with Gasteiger partial charge in [-0.15, -0.1) is 0 Å². The summed E-state index contributed by atoms with van der Waals surface area (Å²) in [6, 6.07) is 7.10. The first-order valence-corrected chi connectivity index (χ1v) is 12.4. The van der Waals surface area contributed by atoms with E-state index in [-0.39, 0.29) is 0 Å². The van der Waals surface area contributed by atoms with Crippen molar-refractivity contribution in [2.75, 3.05) is 59.0 Å². The van der Waals surface area contributed by atoms with E-state index >= 15 is 0 Å². The molecular formula is C21H35N5O3S. The molecule has 2 fully saturated rings. The van der Waals surface area contributed by atoms with E-state index in [1.54, 1.807) is 16.4 Å². The zero-order chi connectivity index (χ0) is 21.2. The quantitative estimate of drug-likeness (QED) is 0.344. The summed E-state index contributed by atoms with van der Waals surface area (Å²) in [5, 5.41) is 6.65. The van der Waals surface area contributed by atoms with Crippen molar-refractivity contribution in [3.8, 4) is 0 Å². The molecule has 0 amide bonds. The van der Waals surface area contributed by atoms with Crippen LogP contribution in [0.15, 0.2) is 34.2 Å². The lowest BCUT2D eigenvalue weighted by atomic mass is 10.2. The van der Waals surface area contributed by atoms with Gasteiger partial charge in [-0.3, -0.25) is 4.90 Å². The van der Waals surface area contributed by atoms with Crippen LogP contribution in [0.3, 0.4) is 0 Å². The fourth-order valence-electron chi connectivity index (χ4n) is 3.69. The summed E-state index contributed by atoms with van der Waals surface area (Å²) < 4.78 is 32.2. The maximum absolute atomic E-state index is 12.6. The second-order valence-electron chi connectivity index (χ2n) is 7.68. The molecule has 2 saturated heterocycles. The molecule has 0 atom stereocenters. The fraction of sp³-hybridized carbons (Fsp3) is 0.667. The molecule has 1 aromatic carbocycles. The smallest absolute Gasteiger partial charge is 0.243 e. The molecule has 0 aromatic heterocycles. The van der Waals surface area contributed by atoms with Crippen molar-refractivity contribution in [1.29, 1.82) is 0 Å². The molecule has 1 aromatic rings. The number of ether oxygens (including phenoxy) is 1. The zero-order valence-corrected chi connectivity index (χ0v) is 18.8. The van der Waals surface area contributed by atoms with Crippen LogP contribution in [-0.2, 0) is 21.3 Å². The summed E-state index contributed by atoms with van der Waals surface area (Å²) >= 11 is 0. The highest BCUT2D eigenvalue weighted by molar-refractivity contribution is 7.89. The number of guanidine groups is 1. The lowest BCUT2D eigenvalue weighted by Crippen LogP contribution is -2.40. The van der Waals surface area contributed by atoms with Crippen LogP contribution in [0.25, 0.3) is 0 Å². The molecule has 2 aliphatic rings. The minimum Gasteiger partial charge on any atom is -0.379 e. The van der Waals surface area contributed by atoms with Gasteiger partial charge in [-0.2, -0.15) is 4.31 Å². The van der Waals surface area contributed by atoms with Crippen LogP contribution in [0.1, 0.15) is 31.7 Å². The number of morpholine rings is 1. The molecular weight excluding hydrogens is 402 g/mol. The Kier molecular flexibility index (Phi) is 8.92. The molecule has 2 N–H and O–H groups in total. The van der Waals surface area contributed by atoms with E-state index in [4.69, 9.17) is 4.74 Å². The number of sulfonamides is 1. The number of hydrogen-bond donors (Lipinski definition) is 2. The molecule has 0 unspecified atom stereocenters. The van der Waals surface area contributed by atoms with Crippen LogP contribution in [0, 0.1) is 0 Å². The topological polar surface area (TPSA) is 86.3 Å². The molecule has 30 heavy (non-hydrogen) atoms. The largest absolute Gasteiger partial charge is 0.379 e. The Hall–Kier alpha value is -1.68. The Morgan fingerprint density at radius 2 is 1.77 bits per heavy atom. The molecule has 8 nitrogen and oxygen atoms in total. The van der Waals surface area contributed by atoms with Crippen molar-refractivity contribution < 1.29 is 13.2 Å². The van der Waals surface area contributed by atoms with Gasteiger partial charge in [0.15, 0.2) is 5.96 Å². The molecule has 0 saturated carbocycles. The molecule has 2 aliphatic heterocycles. The van der Waals surface area contributed by atoms with E-state index in [9.17, 15) is 8.42 Å². The number of rotatable bonds is 9. The molecule has 0 spiro atoms. The SMILES string of the molecule is CCNC(=NCc1ccc(S(=O)(=O)N2CCCC2)cc1)NCCCN1CCOCC1. The van der Waals surface area contributed by atoms with Crippen LogP contribution >= 0.6 is 0 Å². The number of aliphatic imine (C=N–C) groups is 1. The number of nitrogens with one attached hydrogen (secondary N) is 2. The minimum atomic E-state index is -3.36. The Labute approximate surface area is 180 Å². The third-order valence-corrected chi connectivity index (χ3v) is 7.35. The molecule has 0 aliphatic carbocycles. The predicted molar refractivity (Wildman–Crippen MR) is 119 cm³/mol. The van der Waals surface area contributed by atoms with Gasteiger partial charge in [0.1, 0.15) is 0 Å². The summed E-state index contributed by atoms with van der Waals surface area (Å²) in [5.74, 6) is 0.785. The Morgan fingerprint density at radius 3 is 2.43 bits per heavy atom. The first kappa shape index (κ1) is 23.0. The van der Waals surface area contributed by atoms with Gasteiger partial charge in [0, 0.05) is 39.3 Å². The van der Waals surface area contributed by atoms with Gasteiger partial charge in [0.05, 0.1) is 24.7 Å². The lowest BCUT2D eigenvalue weighted by molar-refractivity contribution is 0.0376. The van der Waals surface area contributed by atoms with Crippen molar-refractivity contribution >= 4 is 16.0 Å². The van der Waals surface area contributed by atoms with Crippen molar-refractivity contribution in [3.05, 3.63) is 29.8 Å². The first-order valence-electron chi connectivity index (χ1n) is 11.0. The number of hydrogen-bond acceptors (Lipinski definition) is 5. The van der Waals surface area contributed by atoms with Crippen LogP contribution < -0.4 is 10.6 Å². The summed E-state index contributed by atoms with van der Waals surface area (Å²) in [6.07, 6.45) is 2.94. The monoisotopic (exact) mass is 437 g/mol. The summed E-state index contributed by atoms with van der Waals surface area (Å²) in [4.78, 5) is 7.43. The van der Waals surface area contributed by atoms with E-state index in [2.05, 4.69) is 20.5 Å². The Morgan fingerprint density at radius 1 is 1.07 bits per heavy atom. The first-order chi connectivity index (χ1) is 14.6. The number of benzene rings is 1. The van der Waals surface area contributed by atoms with Gasteiger partial charge < -0.3 is 15.4 Å². The third kappa shape index (κ3) is 6.66. The van der Waals surface area contributed by atoms with Crippen LogP contribution in [-0.4, -0.2) is 82.6 Å². The van der Waals surface area contributed by atoms with Gasteiger partial charge in [-0.25, -0.2) is 13.4 Å². The Balaban J connectivity index is 1.48. The van der Waals surface area contributed by atoms with Gasteiger partial charge in [-0.1, -0.05) is 12.1 Å². The molecule has 168 valence electrons. The highest BCUT2D eigenvalue weighted by atomic mass is 32.2. The average Bonchev–Trinajstić information content (AvgIpc) is 3.32. The molecule has 0 bridgehead atoms.